The van der Waals surface area contributed by atoms with Gasteiger partial charge in [0.2, 0.25) is 5.82 Å². The molecule has 1 saturated heterocycles. The highest BCUT2D eigenvalue weighted by Crippen LogP contribution is 2.33. The molecule has 2 heterocycles. The molecule has 1 unspecified atom stereocenters. The molecular formula is C17H21F3N4O. The van der Waals surface area contributed by atoms with Gasteiger partial charge in [-0.2, -0.15) is 13.2 Å². The number of fused-ring (bicyclic) bond motifs is 1. The van der Waals surface area contributed by atoms with Gasteiger partial charge in [-0.05, 0) is 51.4 Å². The monoisotopic (exact) mass is 354 g/mol. The number of nitrogens with one attached hydrogen (secondary N) is 2. The molecular weight excluding hydrogens is 333 g/mol. The largest absolute Gasteiger partial charge is 0.449 e. The van der Waals surface area contributed by atoms with Crippen molar-refractivity contribution in [2.45, 2.75) is 44.9 Å². The summed E-state index contributed by atoms with van der Waals surface area (Å²) < 4.78 is 40.8. The second-order valence-corrected chi connectivity index (χ2v) is 6.60. The number of benzene rings is 1. The summed E-state index contributed by atoms with van der Waals surface area (Å²) in [5, 5.41) is 6.10. The summed E-state index contributed by atoms with van der Waals surface area (Å²) in [5.41, 5.74) is 0.858. The molecule has 0 spiro atoms. The predicted molar refractivity (Wildman–Crippen MR) is 88.5 cm³/mol. The van der Waals surface area contributed by atoms with E-state index in [1.807, 2.05) is 0 Å². The molecule has 5 nitrogen and oxygen atoms in total. The van der Waals surface area contributed by atoms with E-state index in [-0.39, 0.29) is 17.5 Å². The Hall–Kier alpha value is -2.09. The van der Waals surface area contributed by atoms with Gasteiger partial charge in [0.1, 0.15) is 0 Å². The molecule has 1 aliphatic rings. The van der Waals surface area contributed by atoms with Gasteiger partial charge in [-0.25, -0.2) is 4.98 Å². The Morgan fingerprint density at radius 3 is 2.80 bits per heavy atom. The summed E-state index contributed by atoms with van der Waals surface area (Å²) in [6, 6.07) is 4.35. The number of carbonyl (C=O) groups is 1. The maximum atomic E-state index is 13.2. The number of aromatic nitrogens is 2. The number of halogens is 3. The van der Waals surface area contributed by atoms with Gasteiger partial charge in [0, 0.05) is 24.2 Å². The summed E-state index contributed by atoms with van der Waals surface area (Å²) in [5.74, 6) is -1.24. The summed E-state index contributed by atoms with van der Waals surface area (Å²) in [7, 11) is 0. The summed E-state index contributed by atoms with van der Waals surface area (Å²) >= 11 is 0. The van der Waals surface area contributed by atoms with E-state index in [0.717, 1.165) is 24.0 Å². The SMILES string of the molecule is CC(C)n1c(C(F)(F)F)nc2cc(C(=O)NCC3CCCN3)ccc21. The molecule has 2 N–H and O–H groups in total. The van der Waals surface area contributed by atoms with Crippen molar-refractivity contribution in [1.82, 2.24) is 20.2 Å². The van der Waals surface area contributed by atoms with Gasteiger partial charge in [-0.15, -0.1) is 0 Å². The average Bonchev–Trinajstić information content (AvgIpc) is 3.18. The standard InChI is InChI=1S/C17H21F3N4O/c1-10(2)24-14-6-5-11(8-13(14)23-16(24)17(18,19)20)15(25)22-9-12-4-3-7-21-12/h5-6,8,10,12,21H,3-4,7,9H2,1-2H3,(H,22,25). The third-order valence-corrected chi connectivity index (χ3v) is 4.39. The third-order valence-electron chi connectivity index (χ3n) is 4.39. The van der Waals surface area contributed by atoms with E-state index < -0.39 is 18.0 Å². The van der Waals surface area contributed by atoms with E-state index in [4.69, 9.17) is 0 Å². The maximum Gasteiger partial charge on any atom is 0.449 e. The van der Waals surface area contributed by atoms with E-state index in [9.17, 15) is 18.0 Å². The molecule has 0 bridgehead atoms. The van der Waals surface area contributed by atoms with E-state index in [2.05, 4.69) is 15.6 Å². The van der Waals surface area contributed by atoms with Gasteiger partial charge in [0.25, 0.3) is 5.91 Å². The topological polar surface area (TPSA) is 59.0 Å². The van der Waals surface area contributed by atoms with E-state index in [1.165, 1.54) is 12.1 Å². The number of rotatable bonds is 4. The first-order valence-corrected chi connectivity index (χ1v) is 8.38. The van der Waals surface area contributed by atoms with Gasteiger partial charge >= 0.3 is 6.18 Å². The number of hydrogen-bond donors (Lipinski definition) is 2. The van der Waals surface area contributed by atoms with Crippen molar-refractivity contribution < 1.29 is 18.0 Å². The van der Waals surface area contributed by atoms with Crippen LogP contribution in [0.5, 0.6) is 0 Å². The van der Waals surface area contributed by atoms with Crippen LogP contribution in [0.3, 0.4) is 0 Å². The van der Waals surface area contributed by atoms with Crippen molar-refractivity contribution >= 4 is 16.9 Å². The molecule has 1 atom stereocenters. The smallest absolute Gasteiger partial charge is 0.350 e. The average molecular weight is 354 g/mol. The van der Waals surface area contributed by atoms with Crippen LogP contribution in [0.4, 0.5) is 13.2 Å². The highest BCUT2D eigenvalue weighted by atomic mass is 19.4. The number of imidazole rings is 1. The molecule has 3 rings (SSSR count). The molecule has 1 aromatic carbocycles. The number of carbonyl (C=O) groups excluding carboxylic acids is 1. The number of hydrogen-bond acceptors (Lipinski definition) is 3. The zero-order valence-electron chi connectivity index (χ0n) is 14.2. The predicted octanol–water partition coefficient (Wildman–Crippen LogP) is 3.12. The van der Waals surface area contributed by atoms with Crippen molar-refractivity contribution in [1.29, 1.82) is 0 Å². The minimum atomic E-state index is -4.54. The van der Waals surface area contributed by atoms with Gasteiger partial charge in [-0.3, -0.25) is 4.79 Å². The lowest BCUT2D eigenvalue weighted by atomic mass is 10.1. The highest BCUT2D eigenvalue weighted by molar-refractivity contribution is 5.97. The van der Waals surface area contributed by atoms with Crippen molar-refractivity contribution in [3.63, 3.8) is 0 Å². The Balaban J connectivity index is 1.87. The molecule has 1 amide bonds. The Bertz CT molecular complexity index is 776. The second-order valence-electron chi connectivity index (χ2n) is 6.60. The summed E-state index contributed by atoms with van der Waals surface area (Å²) in [6.07, 6.45) is -2.45. The van der Waals surface area contributed by atoms with E-state index in [1.54, 1.807) is 19.9 Å². The molecule has 1 aliphatic heterocycles. The van der Waals surface area contributed by atoms with Gasteiger partial charge < -0.3 is 15.2 Å². The third kappa shape index (κ3) is 3.63. The fraction of sp³-hybridized carbons (Fsp3) is 0.529. The Kier molecular flexibility index (Phi) is 4.73. The molecule has 8 heteroatoms. The van der Waals surface area contributed by atoms with Crippen LogP contribution in [0.1, 0.15) is 48.9 Å². The minimum absolute atomic E-state index is 0.174. The minimum Gasteiger partial charge on any atom is -0.350 e. The molecule has 136 valence electrons. The summed E-state index contributed by atoms with van der Waals surface area (Å²) in [6.45, 7) is 4.79. The van der Waals surface area contributed by atoms with Crippen LogP contribution in [-0.2, 0) is 6.18 Å². The lowest BCUT2D eigenvalue weighted by molar-refractivity contribution is -0.147. The van der Waals surface area contributed by atoms with Crippen LogP contribution in [0, 0.1) is 0 Å². The first kappa shape index (κ1) is 17.7. The first-order chi connectivity index (χ1) is 11.8. The van der Waals surface area contributed by atoms with Crippen LogP contribution in [0.2, 0.25) is 0 Å². The van der Waals surface area contributed by atoms with Crippen LogP contribution >= 0.6 is 0 Å². The second kappa shape index (κ2) is 6.67. The molecule has 0 aliphatic carbocycles. The van der Waals surface area contributed by atoms with Gasteiger partial charge in [0.15, 0.2) is 0 Å². The van der Waals surface area contributed by atoms with Gasteiger partial charge in [-0.1, -0.05) is 0 Å². The first-order valence-electron chi connectivity index (χ1n) is 8.38. The maximum absolute atomic E-state index is 13.2. The Morgan fingerprint density at radius 1 is 1.44 bits per heavy atom. The van der Waals surface area contributed by atoms with E-state index >= 15 is 0 Å². The number of alkyl halides is 3. The van der Waals surface area contributed by atoms with E-state index in [0.29, 0.717) is 17.6 Å². The van der Waals surface area contributed by atoms with Crippen molar-refractivity contribution in [2.75, 3.05) is 13.1 Å². The normalized spacial score (nSPS) is 18.2. The quantitative estimate of drug-likeness (QED) is 0.887. The summed E-state index contributed by atoms with van der Waals surface area (Å²) in [4.78, 5) is 16.0. The molecule has 1 fully saturated rings. The fourth-order valence-electron chi connectivity index (χ4n) is 3.21. The lowest BCUT2D eigenvalue weighted by Crippen LogP contribution is -2.37. The van der Waals surface area contributed by atoms with Gasteiger partial charge in [0.05, 0.1) is 11.0 Å². The Morgan fingerprint density at radius 2 is 2.20 bits per heavy atom. The molecule has 1 aromatic heterocycles. The van der Waals surface area contributed by atoms with Crippen molar-refractivity contribution in [3.05, 3.63) is 29.6 Å². The van der Waals surface area contributed by atoms with Crippen LogP contribution in [0.25, 0.3) is 11.0 Å². The molecule has 0 radical (unpaired) electrons. The zero-order valence-corrected chi connectivity index (χ0v) is 14.2. The van der Waals surface area contributed by atoms with Crippen molar-refractivity contribution in [2.24, 2.45) is 0 Å². The number of nitrogens with zero attached hydrogens (tertiary/aromatic N) is 2. The van der Waals surface area contributed by atoms with Crippen LogP contribution in [-0.4, -0.2) is 34.6 Å². The Labute approximate surface area is 143 Å². The van der Waals surface area contributed by atoms with Crippen molar-refractivity contribution in [3.8, 4) is 0 Å². The van der Waals surface area contributed by atoms with Crippen LogP contribution in [0.15, 0.2) is 18.2 Å². The highest BCUT2D eigenvalue weighted by Gasteiger charge is 2.38. The van der Waals surface area contributed by atoms with Crippen LogP contribution < -0.4 is 10.6 Å². The zero-order chi connectivity index (χ0) is 18.2. The molecule has 2 aromatic rings. The fourth-order valence-corrected chi connectivity index (χ4v) is 3.21. The lowest BCUT2D eigenvalue weighted by Gasteiger charge is -2.14. The molecule has 25 heavy (non-hydrogen) atoms. The number of amides is 1. The molecule has 0 saturated carbocycles.